The Balaban J connectivity index is -0.000000251. The van der Waals surface area contributed by atoms with E-state index in [4.69, 9.17) is 48.1 Å². The normalized spacial score (nSPS) is 10.3. The molecule has 0 saturated carbocycles. The quantitative estimate of drug-likeness (QED) is 0.0226. The fourth-order valence-corrected chi connectivity index (χ4v) is 4.32. The molecule has 0 fully saturated rings. The lowest BCUT2D eigenvalue weighted by Crippen LogP contribution is -2.29. The maximum absolute atomic E-state index is 11.5. The molecule has 0 heterocycles. The van der Waals surface area contributed by atoms with Crippen LogP contribution in [0.15, 0.2) is 0 Å². The molecule has 0 atom stereocenters. The number of aliphatic carboxylic acids is 2. The van der Waals surface area contributed by atoms with Crippen LogP contribution in [0, 0.1) is 17.8 Å². The molecule has 69 heavy (non-hydrogen) atoms. The number of carboxylic acids is 2. The van der Waals surface area contributed by atoms with Crippen molar-refractivity contribution in [1.82, 2.24) is 0 Å². The smallest absolute Gasteiger partial charge is 0.320 e. The molecule has 408 valence electrons. The van der Waals surface area contributed by atoms with Gasteiger partial charge in [0.2, 0.25) is 0 Å². The highest BCUT2D eigenvalue weighted by molar-refractivity contribution is 7.85. The number of esters is 6. The van der Waals surface area contributed by atoms with E-state index in [1.807, 2.05) is 0 Å². The Kier molecular flexibility index (Phi) is 56.0. The molecule has 0 rings (SSSR count). The second kappa shape index (κ2) is 52.7. The Labute approximate surface area is 404 Å². The van der Waals surface area contributed by atoms with Gasteiger partial charge in [-0.1, -0.05) is 0 Å². The second-order valence-corrected chi connectivity index (χ2v) is 13.9. The van der Waals surface area contributed by atoms with Gasteiger partial charge in [-0.05, 0) is 60.8 Å². The fourth-order valence-electron chi connectivity index (χ4n) is 3.95. The van der Waals surface area contributed by atoms with Crippen LogP contribution in [-0.2, 0) is 119 Å². The molecule has 0 bridgehead atoms. The van der Waals surface area contributed by atoms with Crippen LogP contribution in [0.1, 0.15) is 67.2 Å². The summed E-state index contributed by atoms with van der Waals surface area (Å²) in [7, 11) is 2.56. The molecule has 0 aromatic carbocycles. The fraction of sp³-hybridized carbons (Fsp3) is 0.805. The molecule has 28 heteroatoms. The first kappa shape index (κ1) is 73.3. The standard InChI is InChI=1S/2C11H20O6.C7H12O6.C7H12O4.C5H12O5S/c2*1-4-16-10(12)9(11(13)17-5-2)6-7-15-8-14-3;1-12-4-13-3-2-5(6(8)9)7(10)11;1-3-10-6(8)5-7(9)11-4-2;1-8-5-9-3-4-10-11(2,6)7/h2*9H,4-8H2,1-3H3;5H,2-4H2,1H3,(H,8,9)(H,10,11);2*3-5H2,1-2H3. The number of rotatable bonds is 35. The summed E-state index contributed by atoms with van der Waals surface area (Å²) in [6.07, 6.45) is 1.08. The first-order valence-electron chi connectivity index (χ1n) is 21.2. The summed E-state index contributed by atoms with van der Waals surface area (Å²) in [4.78, 5) is 87.9. The van der Waals surface area contributed by atoms with Crippen LogP contribution in [0.2, 0.25) is 0 Å². The van der Waals surface area contributed by atoms with Gasteiger partial charge in [-0.15, -0.1) is 0 Å². The van der Waals surface area contributed by atoms with Crippen LogP contribution in [0.5, 0.6) is 0 Å². The predicted octanol–water partition coefficient (Wildman–Crippen LogP) is 1.35. The minimum atomic E-state index is -3.33. The maximum Gasteiger partial charge on any atom is 0.320 e. The minimum Gasteiger partial charge on any atom is -0.481 e. The molecule has 0 aliphatic carbocycles. The third-order valence-corrected chi connectivity index (χ3v) is 7.36. The van der Waals surface area contributed by atoms with Crippen LogP contribution < -0.4 is 0 Å². The number of carbonyl (C=O) groups is 8. The van der Waals surface area contributed by atoms with Gasteiger partial charge in [-0.2, -0.15) is 8.42 Å². The van der Waals surface area contributed by atoms with Crippen LogP contribution in [0.4, 0.5) is 0 Å². The Hall–Kier alpha value is -4.65. The third kappa shape index (κ3) is 52.6. The van der Waals surface area contributed by atoms with Crippen molar-refractivity contribution < 1.29 is 127 Å². The lowest BCUT2D eigenvalue weighted by molar-refractivity contribution is -0.164. The van der Waals surface area contributed by atoms with Crippen molar-refractivity contribution in [2.45, 2.75) is 67.2 Å². The lowest BCUT2D eigenvalue weighted by atomic mass is 10.1. The molecule has 0 amide bonds. The monoisotopic (exact) mass is 1030 g/mol. The van der Waals surface area contributed by atoms with Gasteiger partial charge in [-0.25, -0.2) is 0 Å². The SMILES string of the molecule is CCOC(=O)C(CCOCOC)C(=O)OCC.CCOC(=O)C(CCOCOC)C(=O)OCC.CCOC(=O)CC(=O)OCC.COCOCCC(C(=O)O)C(=O)O.COCOCCOS(C)(=O)=O. The number of carboxylic acid groups (broad SMARTS) is 2. The molecule has 0 aliphatic rings. The molecule has 0 aromatic heterocycles. The largest absolute Gasteiger partial charge is 0.481 e. The summed E-state index contributed by atoms with van der Waals surface area (Å²) in [5.41, 5.74) is 0. The molecule has 0 radical (unpaired) electrons. The summed E-state index contributed by atoms with van der Waals surface area (Å²) >= 11 is 0. The molecular formula is C41H76O27S. The van der Waals surface area contributed by atoms with Crippen molar-refractivity contribution in [1.29, 1.82) is 0 Å². The molecule has 0 spiro atoms. The molecule has 0 unspecified atom stereocenters. The number of methoxy groups -OCH3 is 4. The van der Waals surface area contributed by atoms with Crippen LogP contribution >= 0.6 is 0 Å². The van der Waals surface area contributed by atoms with Gasteiger partial charge < -0.3 is 76.5 Å². The van der Waals surface area contributed by atoms with Crippen LogP contribution in [0.3, 0.4) is 0 Å². The third-order valence-electron chi connectivity index (χ3n) is 6.76. The minimum absolute atomic E-state index is 0.0300. The van der Waals surface area contributed by atoms with Gasteiger partial charge in [0.25, 0.3) is 10.1 Å². The topological polar surface area (TPSA) is 350 Å². The summed E-state index contributed by atoms with van der Waals surface area (Å²) in [5, 5.41) is 16.9. The molecule has 0 saturated heterocycles. The highest BCUT2D eigenvalue weighted by Gasteiger charge is 2.30. The number of ether oxygens (including phenoxy) is 14. The lowest BCUT2D eigenvalue weighted by Gasteiger charge is -2.14. The summed E-state index contributed by atoms with van der Waals surface area (Å²) in [5.74, 6) is -9.34. The van der Waals surface area contributed by atoms with E-state index in [0.29, 0.717) is 0 Å². The van der Waals surface area contributed by atoms with Gasteiger partial charge in [0.1, 0.15) is 33.6 Å². The van der Waals surface area contributed by atoms with Gasteiger partial charge in [0, 0.05) is 28.4 Å². The summed E-state index contributed by atoms with van der Waals surface area (Å²) in [6.45, 7) is 12.8. The first-order chi connectivity index (χ1) is 32.7. The van der Waals surface area contributed by atoms with Gasteiger partial charge in [0.05, 0.1) is 78.9 Å². The van der Waals surface area contributed by atoms with E-state index in [-0.39, 0.29) is 126 Å². The number of hydrogen-bond acceptors (Lipinski definition) is 25. The van der Waals surface area contributed by atoms with Gasteiger partial charge >= 0.3 is 47.8 Å². The van der Waals surface area contributed by atoms with E-state index < -0.39 is 75.6 Å². The van der Waals surface area contributed by atoms with Crippen molar-refractivity contribution in [3.8, 4) is 0 Å². The Bertz CT molecular complexity index is 1330. The van der Waals surface area contributed by atoms with E-state index in [1.165, 1.54) is 28.4 Å². The van der Waals surface area contributed by atoms with Crippen molar-refractivity contribution in [2.24, 2.45) is 17.8 Å². The zero-order chi connectivity index (χ0) is 53.9. The van der Waals surface area contributed by atoms with E-state index >= 15 is 0 Å². The Morgan fingerprint density at radius 3 is 0.899 bits per heavy atom. The average Bonchev–Trinajstić information content (AvgIpc) is 3.27. The van der Waals surface area contributed by atoms with Crippen LogP contribution in [0.25, 0.3) is 0 Å². The van der Waals surface area contributed by atoms with Crippen LogP contribution in [-0.4, -0.2) is 201 Å². The van der Waals surface area contributed by atoms with Gasteiger partial charge in [0.15, 0.2) is 17.8 Å². The zero-order valence-electron chi connectivity index (χ0n) is 41.7. The van der Waals surface area contributed by atoms with Crippen molar-refractivity contribution in [2.75, 3.05) is 135 Å². The summed E-state index contributed by atoms with van der Waals surface area (Å²) < 4.78 is 91.4. The molecule has 2 N–H and O–H groups in total. The number of carbonyl (C=O) groups excluding carboxylic acids is 6. The van der Waals surface area contributed by atoms with Crippen molar-refractivity contribution >= 4 is 57.9 Å². The van der Waals surface area contributed by atoms with E-state index in [0.717, 1.165) is 6.26 Å². The molecule has 0 aromatic rings. The Morgan fingerprint density at radius 1 is 0.406 bits per heavy atom. The summed E-state index contributed by atoms with van der Waals surface area (Å²) in [6, 6.07) is 0. The van der Waals surface area contributed by atoms with E-state index in [1.54, 1.807) is 41.5 Å². The second-order valence-electron chi connectivity index (χ2n) is 12.3. The first-order valence-corrected chi connectivity index (χ1v) is 23.1. The average molecular weight is 1030 g/mol. The van der Waals surface area contributed by atoms with Gasteiger partial charge in [-0.3, -0.25) is 42.5 Å². The number of hydrogen-bond donors (Lipinski definition) is 2. The predicted molar refractivity (Wildman–Crippen MR) is 236 cm³/mol. The van der Waals surface area contributed by atoms with E-state index in [2.05, 4.69) is 32.6 Å². The highest BCUT2D eigenvalue weighted by atomic mass is 32.2. The highest BCUT2D eigenvalue weighted by Crippen LogP contribution is 2.11. The molecule has 27 nitrogen and oxygen atoms in total. The molecular weight excluding hydrogens is 956 g/mol. The van der Waals surface area contributed by atoms with Crippen molar-refractivity contribution in [3.63, 3.8) is 0 Å². The maximum atomic E-state index is 11.5. The van der Waals surface area contributed by atoms with E-state index in [9.17, 15) is 46.8 Å². The van der Waals surface area contributed by atoms with Crippen molar-refractivity contribution in [3.05, 3.63) is 0 Å². The zero-order valence-corrected chi connectivity index (χ0v) is 42.5. The molecule has 0 aliphatic heterocycles. The Morgan fingerprint density at radius 2 is 0.667 bits per heavy atom.